The molecule has 1 amide bonds. The Hall–Kier alpha value is -3.10. The van der Waals surface area contributed by atoms with E-state index in [9.17, 15) is 14.7 Å². The Labute approximate surface area is 200 Å². The molecule has 8 heteroatoms. The maximum atomic E-state index is 13.2. The third-order valence-electron chi connectivity index (χ3n) is 6.57. The SMILES string of the molecule is COC1=CC=C([C@H]2C(=C(O)c3ccc4c(c3)C[C@@H](C)O4)C(=O)C(=O)N2CCN(C)C)C[C@@H]1OC. The van der Waals surface area contributed by atoms with Gasteiger partial charge in [0.1, 0.15) is 29.5 Å². The number of aliphatic hydroxyl groups is 1. The molecule has 3 aliphatic rings. The molecule has 1 aromatic rings. The van der Waals surface area contributed by atoms with Crippen LogP contribution >= 0.6 is 0 Å². The van der Waals surface area contributed by atoms with Crippen molar-refractivity contribution in [2.24, 2.45) is 0 Å². The summed E-state index contributed by atoms with van der Waals surface area (Å²) < 4.78 is 16.8. The van der Waals surface area contributed by atoms with Crippen molar-refractivity contribution in [1.29, 1.82) is 0 Å². The fourth-order valence-corrected chi connectivity index (χ4v) is 4.81. The van der Waals surface area contributed by atoms with E-state index in [0.717, 1.165) is 23.3 Å². The van der Waals surface area contributed by atoms with Gasteiger partial charge in [-0.3, -0.25) is 9.59 Å². The van der Waals surface area contributed by atoms with Crippen molar-refractivity contribution in [2.75, 3.05) is 41.4 Å². The lowest BCUT2D eigenvalue weighted by atomic mass is 9.88. The van der Waals surface area contributed by atoms with Gasteiger partial charge in [0.15, 0.2) is 0 Å². The van der Waals surface area contributed by atoms with Gasteiger partial charge >= 0.3 is 0 Å². The van der Waals surface area contributed by atoms with Crippen LogP contribution in [0.25, 0.3) is 5.76 Å². The van der Waals surface area contributed by atoms with E-state index in [2.05, 4.69) is 0 Å². The molecule has 34 heavy (non-hydrogen) atoms. The van der Waals surface area contributed by atoms with Crippen molar-refractivity contribution in [3.8, 4) is 5.75 Å². The molecule has 8 nitrogen and oxygen atoms in total. The smallest absolute Gasteiger partial charge is 0.295 e. The highest BCUT2D eigenvalue weighted by molar-refractivity contribution is 6.47. The highest BCUT2D eigenvalue weighted by Crippen LogP contribution is 2.38. The standard InChI is InChI=1S/C26H32N2O6/c1-15-12-18-13-17(7-8-19(18)34-15)24(29)22-23(16-6-9-20(32-4)21(14-16)33-5)28(11-10-27(2)3)26(31)25(22)30/h6-9,13,15,21,23,29H,10-12,14H2,1-5H3/t15-,21+,23+/m1/s1. The second-order valence-corrected chi connectivity index (χ2v) is 9.19. The van der Waals surface area contributed by atoms with Gasteiger partial charge in [0.05, 0.1) is 18.7 Å². The maximum Gasteiger partial charge on any atom is 0.295 e. The summed E-state index contributed by atoms with van der Waals surface area (Å²) in [5, 5.41) is 11.4. The molecular weight excluding hydrogens is 436 g/mol. The Morgan fingerprint density at radius 2 is 1.97 bits per heavy atom. The van der Waals surface area contributed by atoms with Gasteiger partial charge < -0.3 is 29.1 Å². The molecule has 2 heterocycles. The van der Waals surface area contributed by atoms with Crippen LogP contribution in [0.15, 0.2) is 47.3 Å². The first-order valence-corrected chi connectivity index (χ1v) is 11.5. The number of carbonyl (C=O) groups is 2. The Morgan fingerprint density at radius 3 is 2.65 bits per heavy atom. The van der Waals surface area contributed by atoms with Crippen molar-refractivity contribution in [1.82, 2.24) is 9.80 Å². The van der Waals surface area contributed by atoms with Crippen LogP contribution in [0, 0.1) is 0 Å². The normalized spacial score (nSPS) is 25.8. The van der Waals surface area contributed by atoms with Gasteiger partial charge in [-0.2, -0.15) is 0 Å². The second-order valence-electron chi connectivity index (χ2n) is 9.19. The number of carbonyl (C=O) groups excluding carboxylic acids is 2. The Balaban J connectivity index is 1.80. The number of rotatable bonds is 7. The lowest BCUT2D eigenvalue weighted by molar-refractivity contribution is -0.139. The zero-order valence-corrected chi connectivity index (χ0v) is 20.3. The van der Waals surface area contributed by atoms with E-state index in [1.54, 1.807) is 37.3 Å². The predicted molar refractivity (Wildman–Crippen MR) is 127 cm³/mol. The van der Waals surface area contributed by atoms with E-state index in [0.29, 0.717) is 30.8 Å². The number of methoxy groups -OCH3 is 2. The number of benzene rings is 1. The number of Topliss-reactive ketones (excluding diaryl/α,β-unsaturated/α-hetero) is 1. The van der Waals surface area contributed by atoms with Gasteiger partial charge in [0, 0.05) is 38.6 Å². The fourth-order valence-electron chi connectivity index (χ4n) is 4.81. The monoisotopic (exact) mass is 468 g/mol. The number of ether oxygens (including phenoxy) is 3. The molecule has 1 N–H and O–H groups in total. The van der Waals surface area contributed by atoms with E-state index in [1.165, 1.54) is 0 Å². The number of amides is 1. The minimum absolute atomic E-state index is 0.0594. The summed E-state index contributed by atoms with van der Waals surface area (Å²) in [6.45, 7) is 2.92. The van der Waals surface area contributed by atoms with Crippen LogP contribution in [-0.4, -0.2) is 86.3 Å². The molecule has 1 saturated heterocycles. The zero-order valence-electron chi connectivity index (χ0n) is 20.3. The quantitative estimate of drug-likeness (QED) is 0.374. The average molecular weight is 469 g/mol. The summed E-state index contributed by atoms with van der Waals surface area (Å²) in [4.78, 5) is 29.9. The minimum atomic E-state index is -0.685. The van der Waals surface area contributed by atoms with Crippen molar-refractivity contribution >= 4 is 17.4 Å². The van der Waals surface area contributed by atoms with Crippen LogP contribution in [0.5, 0.6) is 5.75 Å². The molecular formula is C26H32N2O6. The first-order valence-electron chi connectivity index (χ1n) is 11.5. The number of allylic oxidation sites excluding steroid dienone is 2. The Bertz CT molecular complexity index is 1090. The van der Waals surface area contributed by atoms with Gasteiger partial charge in [0.2, 0.25) is 0 Å². The Morgan fingerprint density at radius 1 is 1.21 bits per heavy atom. The van der Waals surface area contributed by atoms with Crippen LogP contribution < -0.4 is 4.74 Å². The van der Waals surface area contributed by atoms with E-state index in [1.807, 2.05) is 38.1 Å². The summed E-state index contributed by atoms with van der Waals surface area (Å²) in [5.41, 5.74) is 2.38. The molecule has 0 spiro atoms. The summed E-state index contributed by atoms with van der Waals surface area (Å²) >= 11 is 0. The molecule has 1 fully saturated rings. The van der Waals surface area contributed by atoms with Crippen molar-refractivity contribution in [3.63, 3.8) is 0 Å². The molecule has 0 bridgehead atoms. The molecule has 1 aliphatic carbocycles. The molecule has 0 saturated carbocycles. The van der Waals surface area contributed by atoms with Gasteiger partial charge in [0.25, 0.3) is 11.7 Å². The zero-order chi connectivity index (χ0) is 24.6. The number of likely N-dealkylation sites (tertiary alicyclic amines) is 1. The van der Waals surface area contributed by atoms with Crippen LogP contribution in [0.3, 0.4) is 0 Å². The molecule has 1 aromatic carbocycles. The minimum Gasteiger partial charge on any atom is -0.507 e. The van der Waals surface area contributed by atoms with Gasteiger partial charge in [-0.05, 0) is 56.4 Å². The van der Waals surface area contributed by atoms with Crippen molar-refractivity contribution in [3.05, 3.63) is 58.4 Å². The van der Waals surface area contributed by atoms with E-state index in [4.69, 9.17) is 14.2 Å². The molecule has 0 unspecified atom stereocenters. The predicted octanol–water partition coefficient (Wildman–Crippen LogP) is 2.50. The molecule has 2 aliphatic heterocycles. The van der Waals surface area contributed by atoms with Crippen LogP contribution in [-0.2, 0) is 25.5 Å². The molecule has 0 aromatic heterocycles. The first-order chi connectivity index (χ1) is 16.2. The van der Waals surface area contributed by atoms with Crippen LogP contribution in [0.4, 0.5) is 0 Å². The fraction of sp³-hybridized carbons (Fsp3) is 0.462. The van der Waals surface area contributed by atoms with Gasteiger partial charge in [-0.25, -0.2) is 0 Å². The third-order valence-corrected chi connectivity index (χ3v) is 6.57. The topological polar surface area (TPSA) is 88.5 Å². The summed E-state index contributed by atoms with van der Waals surface area (Å²) in [5.74, 6) is -0.00785. The average Bonchev–Trinajstić information content (AvgIpc) is 3.32. The molecule has 0 radical (unpaired) electrons. The number of nitrogens with zero attached hydrogens (tertiary/aromatic N) is 2. The highest BCUT2D eigenvalue weighted by Gasteiger charge is 2.47. The van der Waals surface area contributed by atoms with E-state index < -0.39 is 17.7 Å². The van der Waals surface area contributed by atoms with Crippen molar-refractivity contribution in [2.45, 2.75) is 38.0 Å². The number of hydrogen-bond acceptors (Lipinski definition) is 7. The maximum absolute atomic E-state index is 13.2. The van der Waals surface area contributed by atoms with E-state index >= 15 is 0 Å². The lowest BCUT2D eigenvalue weighted by Gasteiger charge is -2.31. The van der Waals surface area contributed by atoms with Crippen molar-refractivity contribution < 1.29 is 28.9 Å². The highest BCUT2D eigenvalue weighted by atomic mass is 16.5. The molecule has 182 valence electrons. The number of ketones is 1. The number of aliphatic hydroxyl groups excluding tert-OH is 1. The molecule has 4 rings (SSSR count). The third kappa shape index (κ3) is 4.35. The number of likely N-dealkylation sites (N-methyl/N-ethyl adjacent to an activating group) is 1. The van der Waals surface area contributed by atoms with Gasteiger partial charge in [-0.15, -0.1) is 0 Å². The Kier molecular flexibility index (Phi) is 6.81. The number of hydrogen-bond donors (Lipinski definition) is 1. The largest absolute Gasteiger partial charge is 0.507 e. The van der Waals surface area contributed by atoms with Gasteiger partial charge in [-0.1, -0.05) is 6.08 Å². The number of fused-ring (bicyclic) bond motifs is 1. The first kappa shape index (κ1) is 24.0. The van der Waals surface area contributed by atoms with Crippen LogP contribution in [0.1, 0.15) is 24.5 Å². The summed E-state index contributed by atoms with van der Waals surface area (Å²) in [6, 6.07) is 4.69. The lowest BCUT2D eigenvalue weighted by Crippen LogP contribution is -2.41. The molecule has 3 atom stereocenters. The van der Waals surface area contributed by atoms with E-state index in [-0.39, 0.29) is 23.5 Å². The summed E-state index contributed by atoms with van der Waals surface area (Å²) in [7, 11) is 7.00. The second kappa shape index (κ2) is 9.64. The summed E-state index contributed by atoms with van der Waals surface area (Å²) in [6.07, 6.45) is 4.54. The van der Waals surface area contributed by atoms with Crippen LogP contribution in [0.2, 0.25) is 0 Å².